The SMILES string of the molecule is CSC(SC)=C1CCCCCC1(O)Cc1ccccn1. The Morgan fingerprint density at radius 3 is 2.70 bits per heavy atom. The van der Waals surface area contributed by atoms with Gasteiger partial charge in [-0.15, -0.1) is 23.5 Å². The van der Waals surface area contributed by atoms with E-state index in [0.717, 1.165) is 25.0 Å². The highest BCUT2D eigenvalue weighted by Crippen LogP contribution is 2.41. The van der Waals surface area contributed by atoms with Gasteiger partial charge in [0.05, 0.1) is 5.60 Å². The third-order valence-electron chi connectivity index (χ3n) is 3.90. The maximum atomic E-state index is 11.3. The van der Waals surface area contributed by atoms with Crippen LogP contribution < -0.4 is 0 Å². The summed E-state index contributed by atoms with van der Waals surface area (Å²) in [6.45, 7) is 0. The van der Waals surface area contributed by atoms with Crippen LogP contribution >= 0.6 is 23.5 Å². The lowest BCUT2D eigenvalue weighted by molar-refractivity contribution is 0.0673. The number of rotatable bonds is 4. The fraction of sp³-hybridized carbons (Fsp3) is 0.562. The van der Waals surface area contributed by atoms with Crippen LogP contribution in [0, 0.1) is 0 Å². The molecule has 1 aromatic rings. The molecule has 110 valence electrons. The average Bonchev–Trinajstić information content (AvgIpc) is 2.64. The summed E-state index contributed by atoms with van der Waals surface area (Å²) < 4.78 is 1.28. The van der Waals surface area contributed by atoms with Crippen LogP contribution in [0.1, 0.15) is 37.8 Å². The number of thioether (sulfide) groups is 2. The number of hydrogen-bond acceptors (Lipinski definition) is 4. The molecule has 1 N–H and O–H groups in total. The van der Waals surface area contributed by atoms with Gasteiger partial charge >= 0.3 is 0 Å². The van der Waals surface area contributed by atoms with Crippen molar-refractivity contribution < 1.29 is 5.11 Å². The Labute approximate surface area is 130 Å². The minimum absolute atomic E-state index is 0.633. The minimum Gasteiger partial charge on any atom is -0.385 e. The summed E-state index contributed by atoms with van der Waals surface area (Å²) in [5.41, 5.74) is 1.50. The van der Waals surface area contributed by atoms with Crippen molar-refractivity contribution in [3.63, 3.8) is 0 Å². The normalized spacial score (nSPS) is 23.4. The Morgan fingerprint density at radius 2 is 2.05 bits per heavy atom. The van der Waals surface area contributed by atoms with E-state index in [1.165, 1.54) is 22.7 Å². The van der Waals surface area contributed by atoms with Crippen LogP contribution in [0.15, 0.2) is 34.2 Å². The van der Waals surface area contributed by atoms with E-state index < -0.39 is 5.60 Å². The fourth-order valence-corrected chi connectivity index (χ4v) is 4.64. The van der Waals surface area contributed by atoms with Gasteiger partial charge in [0.2, 0.25) is 0 Å². The monoisotopic (exact) mass is 309 g/mol. The first-order valence-electron chi connectivity index (χ1n) is 7.13. The van der Waals surface area contributed by atoms with E-state index in [1.54, 1.807) is 23.5 Å². The zero-order valence-electron chi connectivity index (χ0n) is 12.3. The minimum atomic E-state index is -0.716. The van der Waals surface area contributed by atoms with Gasteiger partial charge in [-0.25, -0.2) is 0 Å². The van der Waals surface area contributed by atoms with Crippen molar-refractivity contribution in [3.8, 4) is 0 Å². The predicted octanol–water partition coefficient (Wildman–Crippen LogP) is 4.26. The summed E-state index contributed by atoms with van der Waals surface area (Å²) in [6.07, 6.45) is 12.0. The average molecular weight is 309 g/mol. The summed E-state index contributed by atoms with van der Waals surface area (Å²) in [5.74, 6) is 0. The summed E-state index contributed by atoms with van der Waals surface area (Å²) in [4.78, 5) is 4.40. The third-order valence-corrected chi connectivity index (χ3v) is 6.13. The van der Waals surface area contributed by atoms with Crippen LogP contribution in [0.25, 0.3) is 0 Å². The van der Waals surface area contributed by atoms with Gasteiger partial charge < -0.3 is 5.11 Å². The molecule has 1 aliphatic rings. The standard InChI is InChI=1S/C16H23NOS2/c1-19-15(20-2)14-9-4-3-6-10-16(14,18)12-13-8-5-7-11-17-13/h5,7-8,11,18H,3-4,6,9-10,12H2,1-2H3. The van der Waals surface area contributed by atoms with Crippen LogP contribution in [0.2, 0.25) is 0 Å². The summed E-state index contributed by atoms with van der Waals surface area (Å²) in [5, 5.41) is 11.3. The molecule has 0 radical (unpaired) electrons. The molecule has 0 saturated heterocycles. The molecular formula is C16H23NOS2. The Hall–Kier alpha value is -0.450. The highest BCUT2D eigenvalue weighted by molar-refractivity contribution is 8.21. The van der Waals surface area contributed by atoms with Gasteiger partial charge in [-0.1, -0.05) is 18.9 Å². The predicted molar refractivity (Wildman–Crippen MR) is 90.0 cm³/mol. The molecule has 1 fully saturated rings. The molecule has 1 aromatic heterocycles. The molecule has 1 heterocycles. The van der Waals surface area contributed by atoms with Crippen molar-refractivity contribution in [3.05, 3.63) is 39.9 Å². The Kier molecular flexibility index (Phi) is 6.00. The van der Waals surface area contributed by atoms with Gasteiger partial charge in [-0.3, -0.25) is 4.98 Å². The first-order chi connectivity index (χ1) is 9.69. The third kappa shape index (κ3) is 3.80. The molecular weight excluding hydrogens is 286 g/mol. The molecule has 2 nitrogen and oxygen atoms in total. The second-order valence-corrected chi connectivity index (χ2v) is 7.16. The van der Waals surface area contributed by atoms with E-state index in [9.17, 15) is 5.11 Å². The molecule has 1 unspecified atom stereocenters. The van der Waals surface area contributed by atoms with Crippen LogP contribution in [0.4, 0.5) is 0 Å². The zero-order valence-corrected chi connectivity index (χ0v) is 13.9. The van der Waals surface area contributed by atoms with E-state index in [2.05, 4.69) is 17.5 Å². The van der Waals surface area contributed by atoms with Crippen molar-refractivity contribution in [1.29, 1.82) is 0 Å². The molecule has 0 aromatic carbocycles. The Morgan fingerprint density at radius 1 is 1.25 bits per heavy atom. The van der Waals surface area contributed by atoms with E-state index in [4.69, 9.17) is 0 Å². The number of aliphatic hydroxyl groups is 1. The van der Waals surface area contributed by atoms with Crippen molar-refractivity contribution in [1.82, 2.24) is 4.98 Å². The number of pyridine rings is 1. The van der Waals surface area contributed by atoms with E-state index >= 15 is 0 Å². The lowest BCUT2D eigenvalue weighted by Gasteiger charge is -2.31. The first-order valence-corrected chi connectivity index (χ1v) is 9.58. The molecule has 20 heavy (non-hydrogen) atoms. The topological polar surface area (TPSA) is 33.1 Å². The van der Waals surface area contributed by atoms with Crippen molar-refractivity contribution >= 4 is 23.5 Å². The molecule has 0 bridgehead atoms. The van der Waals surface area contributed by atoms with Crippen molar-refractivity contribution in [2.24, 2.45) is 0 Å². The second-order valence-electron chi connectivity index (χ2n) is 5.26. The van der Waals surface area contributed by atoms with Gasteiger partial charge in [-0.2, -0.15) is 0 Å². The van der Waals surface area contributed by atoms with Gasteiger partial charge in [0, 0.05) is 22.5 Å². The van der Waals surface area contributed by atoms with Crippen molar-refractivity contribution in [2.45, 2.75) is 44.1 Å². The van der Waals surface area contributed by atoms with E-state index in [-0.39, 0.29) is 0 Å². The van der Waals surface area contributed by atoms with Gasteiger partial charge in [0.15, 0.2) is 0 Å². The van der Waals surface area contributed by atoms with E-state index in [1.807, 2.05) is 24.4 Å². The number of nitrogens with zero attached hydrogens (tertiary/aromatic N) is 1. The summed E-state index contributed by atoms with van der Waals surface area (Å²) in [6, 6.07) is 5.93. The van der Waals surface area contributed by atoms with E-state index in [0.29, 0.717) is 6.42 Å². The summed E-state index contributed by atoms with van der Waals surface area (Å²) in [7, 11) is 0. The Bertz CT molecular complexity index is 455. The van der Waals surface area contributed by atoms with Gasteiger partial charge in [-0.05, 0) is 49.5 Å². The van der Waals surface area contributed by atoms with Crippen LogP contribution in [0.3, 0.4) is 0 Å². The largest absolute Gasteiger partial charge is 0.385 e. The van der Waals surface area contributed by atoms with Gasteiger partial charge in [0.25, 0.3) is 0 Å². The lowest BCUT2D eigenvalue weighted by atomic mass is 9.85. The zero-order chi connectivity index (χ0) is 14.4. The first kappa shape index (κ1) is 15.9. The van der Waals surface area contributed by atoms with Crippen LogP contribution in [-0.4, -0.2) is 28.2 Å². The maximum absolute atomic E-state index is 11.3. The summed E-state index contributed by atoms with van der Waals surface area (Å²) >= 11 is 3.52. The molecule has 1 atom stereocenters. The molecule has 1 aliphatic carbocycles. The smallest absolute Gasteiger partial charge is 0.0930 e. The second kappa shape index (κ2) is 7.53. The van der Waals surface area contributed by atoms with Crippen LogP contribution in [0.5, 0.6) is 0 Å². The molecule has 0 aliphatic heterocycles. The quantitative estimate of drug-likeness (QED) is 0.843. The van der Waals surface area contributed by atoms with Crippen molar-refractivity contribution in [2.75, 3.05) is 12.5 Å². The van der Waals surface area contributed by atoms with Crippen LogP contribution in [-0.2, 0) is 6.42 Å². The molecule has 4 heteroatoms. The molecule has 0 amide bonds. The highest BCUT2D eigenvalue weighted by atomic mass is 32.2. The number of hydrogen-bond donors (Lipinski definition) is 1. The maximum Gasteiger partial charge on any atom is 0.0930 e. The molecule has 2 rings (SSSR count). The molecule has 0 spiro atoms. The lowest BCUT2D eigenvalue weighted by Crippen LogP contribution is -2.34. The Balaban J connectivity index is 2.34. The molecule has 1 saturated carbocycles. The number of aromatic nitrogens is 1. The van der Waals surface area contributed by atoms with Gasteiger partial charge in [0.1, 0.15) is 0 Å². The highest BCUT2D eigenvalue weighted by Gasteiger charge is 2.35. The fourth-order valence-electron chi connectivity index (χ4n) is 2.90.